The summed E-state index contributed by atoms with van der Waals surface area (Å²) in [7, 11) is 0. The molecule has 2 aliphatic heterocycles. The molecule has 6 rings (SSSR count). The van der Waals surface area contributed by atoms with E-state index in [2.05, 4.69) is 39.0 Å². The SMILES string of the molecule is c1nc2[nH]cc(-c3csc(C4CCNCC4)n3)c2cc1C1CCC(N2CCCC2)CC1. The molecule has 0 atom stereocenters. The summed E-state index contributed by atoms with van der Waals surface area (Å²) >= 11 is 1.83. The number of hydrogen-bond donors (Lipinski definition) is 2. The number of piperidine rings is 1. The Morgan fingerprint density at radius 2 is 1.77 bits per heavy atom. The van der Waals surface area contributed by atoms with Crippen molar-refractivity contribution in [1.82, 2.24) is 25.2 Å². The topological polar surface area (TPSA) is 56.8 Å². The summed E-state index contributed by atoms with van der Waals surface area (Å²) in [6.07, 6.45) is 14.7. The number of pyridine rings is 1. The van der Waals surface area contributed by atoms with Gasteiger partial charge in [-0.25, -0.2) is 9.97 Å². The van der Waals surface area contributed by atoms with E-state index in [4.69, 9.17) is 9.97 Å². The van der Waals surface area contributed by atoms with Crippen LogP contribution in [0.2, 0.25) is 0 Å². The maximum atomic E-state index is 5.06. The van der Waals surface area contributed by atoms with Crippen LogP contribution in [0, 0.1) is 0 Å². The number of thiazole rings is 1. The third kappa shape index (κ3) is 3.94. The number of likely N-dealkylation sites (tertiary alicyclic amines) is 1. The van der Waals surface area contributed by atoms with E-state index in [-0.39, 0.29) is 0 Å². The van der Waals surface area contributed by atoms with E-state index < -0.39 is 0 Å². The van der Waals surface area contributed by atoms with Crippen LogP contribution in [0.3, 0.4) is 0 Å². The third-order valence-corrected chi connectivity index (χ3v) is 8.87. The van der Waals surface area contributed by atoms with Gasteiger partial charge < -0.3 is 15.2 Å². The van der Waals surface area contributed by atoms with Gasteiger partial charge in [0.05, 0.1) is 10.7 Å². The normalized spacial score (nSPS) is 26.1. The van der Waals surface area contributed by atoms with E-state index in [1.165, 1.54) is 86.0 Å². The zero-order valence-electron chi connectivity index (χ0n) is 18.3. The van der Waals surface area contributed by atoms with E-state index in [1.54, 1.807) is 0 Å². The second-order valence-electron chi connectivity index (χ2n) is 9.71. The molecule has 164 valence electrons. The molecule has 6 heteroatoms. The van der Waals surface area contributed by atoms with Gasteiger partial charge in [-0.2, -0.15) is 0 Å². The molecule has 1 aliphatic carbocycles. The number of rotatable bonds is 4. The Balaban J connectivity index is 1.21. The van der Waals surface area contributed by atoms with Gasteiger partial charge in [0.1, 0.15) is 5.65 Å². The summed E-state index contributed by atoms with van der Waals surface area (Å²) < 4.78 is 0. The Hall–Kier alpha value is -1.76. The lowest BCUT2D eigenvalue weighted by molar-refractivity contribution is 0.182. The van der Waals surface area contributed by atoms with Crippen LogP contribution in [0.1, 0.15) is 73.8 Å². The lowest BCUT2D eigenvalue weighted by atomic mass is 9.81. The average molecular weight is 436 g/mol. The molecule has 3 aliphatic rings. The highest BCUT2D eigenvalue weighted by Gasteiger charge is 2.28. The highest BCUT2D eigenvalue weighted by atomic mass is 32.1. The predicted octanol–water partition coefficient (Wildman–Crippen LogP) is 5.28. The maximum Gasteiger partial charge on any atom is 0.137 e. The monoisotopic (exact) mass is 435 g/mol. The number of nitrogens with one attached hydrogen (secondary N) is 2. The molecule has 2 N–H and O–H groups in total. The zero-order chi connectivity index (χ0) is 20.6. The minimum atomic E-state index is 0.615. The van der Waals surface area contributed by atoms with Gasteiger partial charge in [-0.05, 0) is 95.1 Å². The van der Waals surface area contributed by atoms with E-state index >= 15 is 0 Å². The minimum absolute atomic E-state index is 0.615. The molecule has 1 saturated carbocycles. The molecular formula is C25H33N5S. The van der Waals surface area contributed by atoms with Crippen LogP contribution in [-0.2, 0) is 0 Å². The van der Waals surface area contributed by atoms with Crippen molar-refractivity contribution in [3.8, 4) is 11.3 Å². The first-order chi connectivity index (χ1) is 15.3. The van der Waals surface area contributed by atoms with Gasteiger partial charge in [0.2, 0.25) is 0 Å². The highest BCUT2D eigenvalue weighted by molar-refractivity contribution is 7.10. The Morgan fingerprint density at radius 3 is 2.58 bits per heavy atom. The molecule has 0 bridgehead atoms. The molecular weight excluding hydrogens is 402 g/mol. The molecule has 31 heavy (non-hydrogen) atoms. The fraction of sp³-hybridized carbons (Fsp3) is 0.600. The van der Waals surface area contributed by atoms with Crippen molar-refractivity contribution in [2.45, 2.75) is 69.2 Å². The molecule has 5 nitrogen and oxygen atoms in total. The third-order valence-electron chi connectivity index (χ3n) is 7.86. The molecule has 0 amide bonds. The van der Waals surface area contributed by atoms with Crippen molar-refractivity contribution in [2.75, 3.05) is 26.2 Å². The van der Waals surface area contributed by atoms with Gasteiger partial charge in [0.15, 0.2) is 0 Å². The summed E-state index contributed by atoms with van der Waals surface area (Å²) in [6.45, 7) is 4.87. The first-order valence-electron chi connectivity index (χ1n) is 12.2. The number of fused-ring (bicyclic) bond motifs is 1. The summed E-state index contributed by atoms with van der Waals surface area (Å²) in [5.41, 5.74) is 4.73. The molecule has 0 unspecified atom stereocenters. The standard InChI is InChI=1S/C25H33N5S/c1-2-12-30(11-1)20-5-3-17(4-6-20)19-13-21-22(15-28-24(21)27-14-19)23-16-31-25(29-23)18-7-9-26-10-8-18/h13-18,20,26H,1-12H2,(H,27,28). The molecule has 3 fully saturated rings. The smallest absolute Gasteiger partial charge is 0.137 e. The zero-order valence-corrected chi connectivity index (χ0v) is 19.1. The number of H-pyrrole nitrogens is 1. The fourth-order valence-electron chi connectivity index (χ4n) is 6.00. The first-order valence-corrected chi connectivity index (χ1v) is 13.1. The van der Waals surface area contributed by atoms with E-state index in [0.29, 0.717) is 11.8 Å². The first kappa shape index (κ1) is 19.9. The summed E-state index contributed by atoms with van der Waals surface area (Å²) in [6, 6.07) is 3.22. The van der Waals surface area contributed by atoms with Crippen molar-refractivity contribution in [3.63, 3.8) is 0 Å². The van der Waals surface area contributed by atoms with Crippen molar-refractivity contribution < 1.29 is 0 Å². The van der Waals surface area contributed by atoms with E-state index in [0.717, 1.165) is 30.5 Å². The lowest BCUT2D eigenvalue weighted by Gasteiger charge is -2.34. The van der Waals surface area contributed by atoms with Crippen molar-refractivity contribution in [2.24, 2.45) is 0 Å². The number of hydrogen-bond acceptors (Lipinski definition) is 5. The summed E-state index contributed by atoms with van der Waals surface area (Å²) in [4.78, 5) is 16.0. The van der Waals surface area contributed by atoms with Crippen molar-refractivity contribution in [1.29, 1.82) is 0 Å². The Labute approximate surface area is 188 Å². The van der Waals surface area contributed by atoms with Crippen LogP contribution < -0.4 is 5.32 Å². The Morgan fingerprint density at radius 1 is 0.968 bits per heavy atom. The molecule has 2 saturated heterocycles. The summed E-state index contributed by atoms with van der Waals surface area (Å²) in [5, 5.41) is 8.24. The van der Waals surface area contributed by atoms with Crippen LogP contribution in [0.25, 0.3) is 22.3 Å². The van der Waals surface area contributed by atoms with Crippen LogP contribution in [0.5, 0.6) is 0 Å². The summed E-state index contributed by atoms with van der Waals surface area (Å²) in [5.74, 6) is 1.27. The fourth-order valence-corrected chi connectivity index (χ4v) is 6.99. The Bertz CT molecular complexity index is 1020. The van der Waals surface area contributed by atoms with Gasteiger partial charge in [-0.1, -0.05) is 0 Å². The largest absolute Gasteiger partial charge is 0.345 e. The van der Waals surface area contributed by atoms with Crippen molar-refractivity contribution >= 4 is 22.4 Å². The van der Waals surface area contributed by atoms with Crippen LogP contribution in [0.4, 0.5) is 0 Å². The highest BCUT2D eigenvalue weighted by Crippen LogP contribution is 2.38. The van der Waals surface area contributed by atoms with Crippen LogP contribution >= 0.6 is 11.3 Å². The molecule has 0 spiro atoms. The molecule has 0 aromatic carbocycles. The molecule has 3 aromatic rings. The van der Waals surface area contributed by atoms with Crippen molar-refractivity contribution in [3.05, 3.63) is 34.4 Å². The molecule has 3 aromatic heterocycles. The second-order valence-corrected chi connectivity index (χ2v) is 10.6. The minimum Gasteiger partial charge on any atom is -0.345 e. The van der Waals surface area contributed by atoms with Gasteiger partial charge in [0, 0.05) is 40.7 Å². The maximum absolute atomic E-state index is 5.06. The van der Waals surface area contributed by atoms with E-state index in [9.17, 15) is 0 Å². The average Bonchev–Trinajstić information content (AvgIpc) is 3.60. The number of aromatic nitrogens is 3. The van der Waals surface area contributed by atoms with Gasteiger partial charge >= 0.3 is 0 Å². The van der Waals surface area contributed by atoms with Gasteiger partial charge in [-0.3, -0.25) is 0 Å². The van der Waals surface area contributed by atoms with Crippen LogP contribution in [-0.4, -0.2) is 52.1 Å². The van der Waals surface area contributed by atoms with Crippen LogP contribution in [0.15, 0.2) is 23.8 Å². The molecule has 0 radical (unpaired) electrons. The number of aromatic amines is 1. The van der Waals surface area contributed by atoms with Gasteiger partial charge in [-0.15, -0.1) is 11.3 Å². The quantitative estimate of drug-likeness (QED) is 0.586. The van der Waals surface area contributed by atoms with Gasteiger partial charge in [0.25, 0.3) is 0 Å². The van der Waals surface area contributed by atoms with E-state index in [1.807, 2.05) is 11.3 Å². The second kappa shape index (κ2) is 8.64. The lowest BCUT2D eigenvalue weighted by Crippen LogP contribution is -2.35. The predicted molar refractivity (Wildman–Crippen MR) is 128 cm³/mol. The number of nitrogens with zero attached hydrogens (tertiary/aromatic N) is 3. The Kier molecular flexibility index (Phi) is 5.55. The molecule has 5 heterocycles.